The number of nitrogens with zero attached hydrogens (tertiary/aromatic N) is 1. The van der Waals surface area contributed by atoms with E-state index in [0.29, 0.717) is 16.7 Å². The average molecular weight is 297 g/mol. The van der Waals surface area contributed by atoms with E-state index in [1.54, 1.807) is 6.08 Å². The van der Waals surface area contributed by atoms with E-state index in [1.807, 2.05) is 43.0 Å². The molecule has 0 aromatic heterocycles. The summed E-state index contributed by atoms with van der Waals surface area (Å²) in [4.78, 5) is 1.30. The van der Waals surface area contributed by atoms with Gasteiger partial charge in [0.25, 0.3) is 0 Å². The van der Waals surface area contributed by atoms with Gasteiger partial charge in [-0.1, -0.05) is 51.1 Å². The summed E-state index contributed by atoms with van der Waals surface area (Å²) < 4.78 is 0. The quantitative estimate of drug-likeness (QED) is 0.373. The van der Waals surface area contributed by atoms with Crippen molar-refractivity contribution in [3.8, 4) is 6.07 Å². The largest absolute Gasteiger partial charge is 0.192 e. The van der Waals surface area contributed by atoms with Crippen molar-refractivity contribution in [3.63, 3.8) is 0 Å². The van der Waals surface area contributed by atoms with Gasteiger partial charge in [0.05, 0.1) is 11.6 Å². The lowest BCUT2D eigenvalue weighted by Gasteiger charge is -2.14. The SMILES string of the molecule is C\C=C/C(C#N)=C\C=C\c1ccc(SC(C)C(C)C)cc1. The van der Waals surface area contributed by atoms with E-state index in [1.165, 1.54) is 4.90 Å². The maximum Gasteiger partial charge on any atom is 0.0991 e. The van der Waals surface area contributed by atoms with Crippen LogP contribution in [0.3, 0.4) is 0 Å². The molecule has 0 fully saturated rings. The molecule has 0 radical (unpaired) electrons. The maximum atomic E-state index is 8.91. The monoisotopic (exact) mass is 297 g/mol. The van der Waals surface area contributed by atoms with E-state index in [9.17, 15) is 0 Å². The Bertz CT molecular complexity index is 556. The molecular formula is C19H23NS. The fourth-order valence-corrected chi connectivity index (χ4v) is 2.58. The van der Waals surface area contributed by atoms with Crippen LogP contribution in [0, 0.1) is 17.2 Å². The highest BCUT2D eigenvalue weighted by Crippen LogP contribution is 2.27. The smallest absolute Gasteiger partial charge is 0.0991 e. The van der Waals surface area contributed by atoms with E-state index >= 15 is 0 Å². The Morgan fingerprint density at radius 1 is 1.19 bits per heavy atom. The van der Waals surface area contributed by atoms with Gasteiger partial charge >= 0.3 is 0 Å². The molecule has 0 aliphatic carbocycles. The molecule has 2 heteroatoms. The highest BCUT2D eigenvalue weighted by atomic mass is 32.2. The summed E-state index contributed by atoms with van der Waals surface area (Å²) in [5.41, 5.74) is 1.80. The Balaban J connectivity index is 2.69. The first-order chi connectivity index (χ1) is 10.1. The van der Waals surface area contributed by atoms with Gasteiger partial charge in [-0.15, -0.1) is 11.8 Å². The molecule has 1 aromatic rings. The minimum Gasteiger partial charge on any atom is -0.192 e. The average Bonchev–Trinajstić information content (AvgIpc) is 2.48. The summed E-state index contributed by atoms with van der Waals surface area (Å²) in [6.45, 7) is 8.67. The van der Waals surface area contributed by atoms with Gasteiger partial charge in [-0.2, -0.15) is 5.26 Å². The zero-order chi connectivity index (χ0) is 15.7. The van der Waals surface area contributed by atoms with Crippen LogP contribution in [-0.2, 0) is 0 Å². The molecule has 0 saturated heterocycles. The Morgan fingerprint density at radius 2 is 1.86 bits per heavy atom. The zero-order valence-corrected chi connectivity index (χ0v) is 14.0. The predicted octanol–water partition coefficient (Wildman–Crippen LogP) is 5.86. The second-order valence-corrected chi connectivity index (χ2v) is 6.68. The Kier molecular flexibility index (Phi) is 7.64. The van der Waals surface area contributed by atoms with Gasteiger partial charge in [0.15, 0.2) is 0 Å². The van der Waals surface area contributed by atoms with Crippen molar-refractivity contribution in [2.75, 3.05) is 0 Å². The fourth-order valence-electron chi connectivity index (χ4n) is 1.58. The van der Waals surface area contributed by atoms with Gasteiger partial charge in [-0.25, -0.2) is 0 Å². The van der Waals surface area contributed by atoms with Crippen LogP contribution in [0.5, 0.6) is 0 Å². The normalized spacial score (nSPS) is 14.0. The molecule has 0 bridgehead atoms. The second kappa shape index (κ2) is 9.26. The van der Waals surface area contributed by atoms with Crippen molar-refractivity contribution < 1.29 is 0 Å². The predicted molar refractivity (Wildman–Crippen MR) is 94.1 cm³/mol. The minimum absolute atomic E-state index is 0.619. The number of nitriles is 1. The summed E-state index contributed by atoms with van der Waals surface area (Å²) >= 11 is 1.91. The first-order valence-corrected chi connectivity index (χ1v) is 8.12. The zero-order valence-electron chi connectivity index (χ0n) is 13.2. The van der Waals surface area contributed by atoms with Crippen molar-refractivity contribution in [2.45, 2.75) is 37.8 Å². The summed E-state index contributed by atoms with van der Waals surface area (Å²) in [5.74, 6) is 0.677. The number of thioether (sulfide) groups is 1. The highest BCUT2D eigenvalue weighted by molar-refractivity contribution is 8.00. The lowest BCUT2D eigenvalue weighted by atomic mass is 10.2. The summed E-state index contributed by atoms with van der Waals surface area (Å²) in [7, 11) is 0. The van der Waals surface area contributed by atoms with Crippen molar-refractivity contribution in [1.29, 1.82) is 5.26 Å². The van der Waals surface area contributed by atoms with Crippen LogP contribution in [0.15, 0.2) is 59.0 Å². The summed E-state index contributed by atoms with van der Waals surface area (Å²) in [6.07, 6.45) is 9.42. The van der Waals surface area contributed by atoms with E-state index < -0.39 is 0 Å². The standard InChI is InChI=1S/C19H23NS/c1-5-7-18(14-20)9-6-8-17-10-12-19(13-11-17)21-16(4)15(2)3/h5-13,15-16H,1-4H3/b7-5-,8-6+,18-9+. The van der Waals surface area contributed by atoms with Crippen LogP contribution in [0.1, 0.15) is 33.3 Å². The van der Waals surface area contributed by atoms with Gasteiger partial charge in [-0.05, 0) is 42.7 Å². The Hall–Kier alpha value is -1.72. The summed E-state index contributed by atoms with van der Waals surface area (Å²) in [5, 5.41) is 9.53. The molecule has 0 amide bonds. The van der Waals surface area contributed by atoms with Crippen molar-refractivity contribution in [3.05, 3.63) is 59.7 Å². The Morgan fingerprint density at radius 3 is 2.38 bits per heavy atom. The summed E-state index contributed by atoms with van der Waals surface area (Å²) in [6, 6.07) is 10.7. The van der Waals surface area contributed by atoms with Crippen molar-refractivity contribution in [2.24, 2.45) is 5.92 Å². The number of allylic oxidation sites excluding steroid dienone is 5. The molecule has 21 heavy (non-hydrogen) atoms. The lowest BCUT2D eigenvalue weighted by molar-refractivity contribution is 0.642. The molecular weight excluding hydrogens is 274 g/mol. The fraction of sp³-hybridized carbons (Fsp3) is 0.316. The van der Waals surface area contributed by atoms with E-state index in [-0.39, 0.29) is 0 Å². The van der Waals surface area contributed by atoms with Gasteiger partial charge in [0.1, 0.15) is 0 Å². The lowest BCUT2D eigenvalue weighted by Crippen LogP contribution is -2.04. The second-order valence-electron chi connectivity index (χ2n) is 5.23. The minimum atomic E-state index is 0.619. The van der Waals surface area contributed by atoms with E-state index in [4.69, 9.17) is 5.26 Å². The molecule has 1 nitrogen and oxygen atoms in total. The topological polar surface area (TPSA) is 23.8 Å². The molecule has 0 N–H and O–H groups in total. The molecule has 0 aliphatic rings. The van der Waals surface area contributed by atoms with Crippen LogP contribution in [0.25, 0.3) is 6.08 Å². The Labute approximate surface area is 133 Å². The molecule has 1 aromatic carbocycles. The molecule has 0 aliphatic heterocycles. The maximum absolute atomic E-state index is 8.91. The molecule has 0 heterocycles. The van der Waals surface area contributed by atoms with Gasteiger partial charge in [0, 0.05) is 10.1 Å². The molecule has 1 rings (SSSR count). The molecule has 1 unspecified atom stereocenters. The van der Waals surface area contributed by atoms with Gasteiger partial charge < -0.3 is 0 Å². The molecule has 0 saturated carbocycles. The van der Waals surface area contributed by atoms with Crippen molar-refractivity contribution in [1.82, 2.24) is 0 Å². The molecule has 1 atom stereocenters. The van der Waals surface area contributed by atoms with E-state index in [0.717, 1.165) is 5.56 Å². The van der Waals surface area contributed by atoms with Gasteiger partial charge in [-0.3, -0.25) is 0 Å². The first kappa shape index (κ1) is 17.3. The van der Waals surface area contributed by atoms with Crippen LogP contribution in [-0.4, -0.2) is 5.25 Å². The van der Waals surface area contributed by atoms with Gasteiger partial charge in [0.2, 0.25) is 0 Å². The number of benzene rings is 1. The molecule has 110 valence electrons. The third kappa shape index (κ3) is 6.51. The first-order valence-electron chi connectivity index (χ1n) is 7.24. The molecule has 0 spiro atoms. The van der Waals surface area contributed by atoms with Crippen molar-refractivity contribution >= 4 is 17.8 Å². The van der Waals surface area contributed by atoms with Crippen LogP contribution in [0.4, 0.5) is 0 Å². The number of hydrogen-bond acceptors (Lipinski definition) is 2. The van der Waals surface area contributed by atoms with E-state index in [2.05, 4.69) is 51.1 Å². The number of hydrogen-bond donors (Lipinski definition) is 0. The van der Waals surface area contributed by atoms with Crippen LogP contribution < -0.4 is 0 Å². The van der Waals surface area contributed by atoms with Crippen LogP contribution in [0.2, 0.25) is 0 Å². The third-order valence-corrected chi connectivity index (χ3v) is 4.64. The number of rotatable bonds is 6. The highest BCUT2D eigenvalue weighted by Gasteiger charge is 2.08. The van der Waals surface area contributed by atoms with Crippen LogP contribution >= 0.6 is 11.8 Å². The third-order valence-electron chi connectivity index (χ3n) is 3.18.